The molecule has 18 heavy (non-hydrogen) atoms. The van der Waals surface area contributed by atoms with Crippen LogP contribution in [0, 0.1) is 0 Å². The second-order valence-corrected chi connectivity index (χ2v) is 3.92. The number of aromatic carboxylic acids is 1. The van der Waals surface area contributed by atoms with Gasteiger partial charge in [-0.3, -0.25) is 0 Å². The number of carbonyl (C=O) groups is 1. The minimum Gasteiger partial charge on any atom is -0.478 e. The van der Waals surface area contributed by atoms with Crippen LogP contribution in [0.3, 0.4) is 0 Å². The molecule has 92 valence electrons. The maximum absolute atomic E-state index is 11.0. The topological polar surface area (TPSA) is 72.5 Å². The fourth-order valence-electron chi connectivity index (χ4n) is 1.79. The Balaban J connectivity index is 2.30. The third-order valence-corrected chi connectivity index (χ3v) is 2.65. The number of nitrogens with two attached hydrogens (primary N) is 1. The zero-order valence-electron chi connectivity index (χ0n) is 9.67. The lowest BCUT2D eigenvalue weighted by molar-refractivity contribution is 0.0692. The van der Waals surface area contributed by atoms with Crippen LogP contribution in [0.2, 0.25) is 0 Å². The Morgan fingerprint density at radius 3 is 2.44 bits per heavy atom. The van der Waals surface area contributed by atoms with Crippen molar-refractivity contribution < 1.29 is 14.7 Å². The molecule has 0 aliphatic heterocycles. The monoisotopic (exact) mass is 243 g/mol. The van der Waals surface area contributed by atoms with Crippen molar-refractivity contribution in [1.29, 1.82) is 0 Å². The molecule has 0 bridgehead atoms. The van der Waals surface area contributed by atoms with Crippen molar-refractivity contribution in [3.05, 3.63) is 65.2 Å². The van der Waals surface area contributed by atoms with E-state index in [1.54, 1.807) is 12.1 Å². The van der Waals surface area contributed by atoms with E-state index >= 15 is 0 Å². The Morgan fingerprint density at radius 1 is 1.11 bits per heavy atom. The van der Waals surface area contributed by atoms with E-state index in [4.69, 9.17) is 11.0 Å². The SMILES string of the molecule is NOc1ccc(Cc2ccccc2)cc1C(=O)O. The number of hydrogen-bond donors (Lipinski definition) is 2. The average Bonchev–Trinajstić information content (AvgIpc) is 2.40. The summed E-state index contributed by atoms with van der Waals surface area (Å²) in [5.74, 6) is 4.14. The third kappa shape index (κ3) is 2.67. The summed E-state index contributed by atoms with van der Waals surface area (Å²) in [4.78, 5) is 15.6. The molecule has 0 fully saturated rings. The van der Waals surface area contributed by atoms with Gasteiger partial charge in [-0.1, -0.05) is 36.4 Å². The first kappa shape index (κ1) is 12.1. The van der Waals surface area contributed by atoms with Crippen molar-refractivity contribution in [2.45, 2.75) is 6.42 Å². The van der Waals surface area contributed by atoms with Gasteiger partial charge in [0.05, 0.1) is 0 Å². The molecule has 3 N–H and O–H groups in total. The summed E-state index contributed by atoms with van der Waals surface area (Å²) in [7, 11) is 0. The summed E-state index contributed by atoms with van der Waals surface area (Å²) in [6, 6.07) is 14.8. The van der Waals surface area contributed by atoms with E-state index in [0.717, 1.165) is 11.1 Å². The van der Waals surface area contributed by atoms with Crippen LogP contribution in [0.15, 0.2) is 48.5 Å². The molecule has 0 unspecified atom stereocenters. The van der Waals surface area contributed by atoms with Crippen LogP contribution in [0.4, 0.5) is 0 Å². The molecule has 0 aromatic heterocycles. The van der Waals surface area contributed by atoms with Crippen LogP contribution < -0.4 is 10.7 Å². The standard InChI is InChI=1S/C14H13NO3/c15-18-13-7-6-11(9-12(13)14(16)17)8-10-4-2-1-3-5-10/h1-7,9H,8,15H2,(H,16,17). The number of hydrogen-bond acceptors (Lipinski definition) is 3. The van der Waals surface area contributed by atoms with E-state index in [2.05, 4.69) is 4.84 Å². The van der Waals surface area contributed by atoms with Crippen LogP contribution in [-0.2, 0) is 6.42 Å². The Hall–Kier alpha value is -2.33. The first-order valence-electron chi connectivity index (χ1n) is 5.47. The lowest BCUT2D eigenvalue weighted by Gasteiger charge is -2.07. The molecule has 2 rings (SSSR count). The smallest absolute Gasteiger partial charge is 0.339 e. The molecule has 0 heterocycles. The Kier molecular flexibility index (Phi) is 3.60. The molecule has 0 spiro atoms. The highest BCUT2D eigenvalue weighted by Gasteiger charge is 2.12. The predicted molar refractivity (Wildman–Crippen MR) is 67.5 cm³/mol. The van der Waals surface area contributed by atoms with Gasteiger partial charge < -0.3 is 9.94 Å². The lowest BCUT2D eigenvalue weighted by Crippen LogP contribution is -2.08. The molecule has 0 saturated heterocycles. The van der Waals surface area contributed by atoms with Crippen molar-refractivity contribution in [2.75, 3.05) is 0 Å². The summed E-state index contributed by atoms with van der Waals surface area (Å²) >= 11 is 0. The largest absolute Gasteiger partial charge is 0.478 e. The fraction of sp³-hybridized carbons (Fsp3) is 0.0714. The van der Waals surface area contributed by atoms with Gasteiger partial charge in [-0.05, 0) is 29.7 Å². The van der Waals surface area contributed by atoms with Gasteiger partial charge in [0.2, 0.25) is 0 Å². The van der Waals surface area contributed by atoms with Crippen LogP contribution in [-0.4, -0.2) is 11.1 Å². The number of carboxylic acids is 1. The molecular formula is C14H13NO3. The molecule has 0 aliphatic rings. The van der Waals surface area contributed by atoms with Gasteiger partial charge in [0.15, 0.2) is 5.75 Å². The van der Waals surface area contributed by atoms with E-state index in [0.29, 0.717) is 6.42 Å². The summed E-state index contributed by atoms with van der Waals surface area (Å²) in [6.45, 7) is 0. The second kappa shape index (κ2) is 5.33. The van der Waals surface area contributed by atoms with Gasteiger partial charge in [-0.15, -0.1) is 0 Å². The summed E-state index contributed by atoms with van der Waals surface area (Å²) in [6.07, 6.45) is 0.673. The van der Waals surface area contributed by atoms with E-state index in [-0.39, 0.29) is 11.3 Å². The molecule has 2 aromatic rings. The predicted octanol–water partition coefficient (Wildman–Crippen LogP) is 2.23. The Bertz CT molecular complexity index is 552. The molecular weight excluding hydrogens is 230 g/mol. The van der Waals surface area contributed by atoms with Gasteiger partial charge in [0, 0.05) is 0 Å². The molecule has 0 atom stereocenters. The maximum atomic E-state index is 11.0. The highest BCUT2D eigenvalue weighted by atomic mass is 16.6. The lowest BCUT2D eigenvalue weighted by atomic mass is 10.0. The third-order valence-electron chi connectivity index (χ3n) is 2.65. The summed E-state index contributed by atoms with van der Waals surface area (Å²) < 4.78 is 0. The first-order valence-corrected chi connectivity index (χ1v) is 5.47. The normalized spacial score (nSPS) is 10.1. The summed E-state index contributed by atoms with van der Waals surface area (Å²) in [5, 5.41) is 9.05. The van der Waals surface area contributed by atoms with Crippen molar-refractivity contribution >= 4 is 5.97 Å². The average molecular weight is 243 g/mol. The van der Waals surface area contributed by atoms with Gasteiger partial charge in [0.1, 0.15) is 5.56 Å². The fourth-order valence-corrected chi connectivity index (χ4v) is 1.79. The van der Waals surface area contributed by atoms with E-state index in [9.17, 15) is 4.79 Å². The quantitative estimate of drug-likeness (QED) is 0.808. The minimum atomic E-state index is -1.05. The van der Waals surface area contributed by atoms with Gasteiger partial charge in [0.25, 0.3) is 0 Å². The molecule has 0 amide bonds. The molecule has 0 aliphatic carbocycles. The van der Waals surface area contributed by atoms with E-state index < -0.39 is 5.97 Å². The van der Waals surface area contributed by atoms with Gasteiger partial charge in [-0.25, -0.2) is 4.79 Å². The molecule has 2 aromatic carbocycles. The van der Waals surface area contributed by atoms with E-state index in [1.165, 1.54) is 0 Å². The van der Waals surface area contributed by atoms with Gasteiger partial charge >= 0.3 is 5.97 Å². The summed E-state index contributed by atoms with van der Waals surface area (Å²) in [5.41, 5.74) is 2.10. The first-order chi connectivity index (χ1) is 8.70. The van der Waals surface area contributed by atoms with Crippen LogP contribution in [0.25, 0.3) is 0 Å². The van der Waals surface area contributed by atoms with Crippen LogP contribution >= 0.6 is 0 Å². The highest BCUT2D eigenvalue weighted by molar-refractivity contribution is 5.91. The zero-order valence-corrected chi connectivity index (χ0v) is 9.67. The second-order valence-electron chi connectivity index (χ2n) is 3.92. The van der Waals surface area contributed by atoms with Crippen LogP contribution in [0.5, 0.6) is 5.75 Å². The molecule has 4 heteroatoms. The Labute approximate surface area is 105 Å². The van der Waals surface area contributed by atoms with E-state index in [1.807, 2.05) is 36.4 Å². The Morgan fingerprint density at radius 2 is 1.83 bits per heavy atom. The van der Waals surface area contributed by atoms with Gasteiger partial charge in [-0.2, -0.15) is 5.90 Å². The number of benzene rings is 2. The molecule has 0 radical (unpaired) electrons. The van der Waals surface area contributed by atoms with Crippen LogP contribution in [0.1, 0.15) is 21.5 Å². The molecule has 0 saturated carbocycles. The number of rotatable bonds is 4. The zero-order chi connectivity index (χ0) is 13.0. The molecule has 4 nitrogen and oxygen atoms in total. The highest BCUT2D eigenvalue weighted by Crippen LogP contribution is 2.21. The number of carboxylic acid groups (broad SMARTS) is 1. The maximum Gasteiger partial charge on any atom is 0.339 e. The minimum absolute atomic E-state index is 0.0749. The van der Waals surface area contributed by atoms with Crippen molar-refractivity contribution in [1.82, 2.24) is 0 Å². The van der Waals surface area contributed by atoms with Crippen molar-refractivity contribution in [2.24, 2.45) is 5.90 Å². The van der Waals surface area contributed by atoms with Crippen molar-refractivity contribution in [3.8, 4) is 5.75 Å². The van der Waals surface area contributed by atoms with Crippen molar-refractivity contribution in [3.63, 3.8) is 0 Å².